The van der Waals surface area contributed by atoms with Gasteiger partial charge in [-0.1, -0.05) is 6.07 Å². The van der Waals surface area contributed by atoms with Gasteiger partial charge in [-0.05, 0) is 51.2 Å². The topological polar surface area (TPSA) is 71.5 Å². The number of rotatable bonds is 6. The summed E-state index contributed by atoms with van der Waals surface area (Å²) >= 11 is 0. The first-order valence-electron chi connectivity index (χ1n) is 10.6. The molecule has 2 fully saturated rings. The normalized spacial score (nSPS) is 19.3. The first-order valence-corrected chi connectivity index (χ1v) is 10.6. The fourth-order valence-electron chi connectivity index (χ4n) is 4.02. The van der Waals surface area contributed by atoms with Crippen molar-refractivity contribution >= 4 is 11.9 Å². The van der Waals surface area contributed by atoms with Crippen molar-refractivity contribution in [1.29, 1.82) is 0 Å². The van der Waals surface area contributed by atoms with Gasteiger partial charge in [0.1, 0.15) is 0 Å². The van der Waals surface area contributed by atoms with E-state index in [2.05, 4.69) is 19.9 Å². The Labute approximate surface area is 172 Å². The molecule has 7 heteroatoms. The van der Waals surface area contributed by atoms with Crippen LogP contribution in [0.25, 0.3) is 0 Å². The Morgan fingerprint density at radius 1 is 1.21 bits per heavy atom. The zero-order valence-corrected chi connectivity index (χ0v) is 17.1. The molecule has 1 atom stereocenters. The summed E-state index contributed by atoms with van der Waals surface area (Å²) in [6, 6.07) is 5.77. The number of piperidine rings is 1. The Kier molecular flexibility index (Phi) is 6.34. The second-order valence-electron chi connectivity index (χ2n) is 7.86. The Balaban J connectivity index is 1.53. The summed E-state index contributed by atoms with van der Waals surface area (Å²) in [6.45, 7) is 5.64. The maximum Gasteiger partial charge on any atom is 0.257 e. The van der Waals surface area contributed by atoms with Gasteiger partial charge < -0.3 is 14.5 Å². The highest BCUT2D eigenvalue weighted by Crippen LogP contribution is 2.20. The van der Waals surface area contributed by atoms with Crippen LogP contribution in [-0.2, 0) is 11.3 Å². The predicted molar refractivity (Wildman–Crippen MR) is 111 cm³/mol. The molecule has 0 unspecified atom stereocenters. The molecule has 0 aromatic carbocycles. The van der Waals surface area contributed by atoms with Crippen molar-refractivity contribution in [2.75, 3.05) is 31.1 Å². The number of ether oxygens (including phenoxy) is 1. The molecule has 2 aromatic rings. The lowest BCUT2D eigenvalue weighted by atomic mass is 10.1. The molecule has 154 valence electrons. The van der Waals surface area contributed by atoms with Gasteiger partial charge in [0.05, 0.1) is 29.6 Å². The van der Waals surface area contributed by atoms with Crippen LogP contribution in [0, 0.1) is 6.92 Å². The van der Waals surface area contributed by atoms with Gasteiger partial charge in [0, 0.05) is 38.6 Å². The summed E-state index contributed by atoms with van der Waals surface area (Å²) in [6.07, 6.45) is 9.15. The van der Waals surface area contributed by atoms with Crippen LogP contribution < -0.4 is 4.90 Å². The molecule has 2 aliphatic rings. The molecule has 29 heavy (non-hydrogen) atoms. The van der Waals surface area contributed by atoms with E-state index in [1.807, 2.05) is 30.0 Å². The lowest BCUT2D eigenvalue weighted by molar-refractivity contribution is 0.0503. The summed E-state index contributed by atoms with van der Waals surface area (Å²) in [5.74, 6) is 0.669. The highest BCUT2D eigenvalue weighted by molar-refractivity contribution is 5.95. The van der Waals surface area contributed by atoms with Gasteiger partial charge in [0.25, 0.3) is 5.91 Å². The third-order valence-electron chi connectivity index (χ3n) is 5.65. The van der Waals surface area contributed by atoms with Crippen molar-refractivity contribution < 1.29 is 9.53 Å². The van der Waals surface area contributed by atoms with E-state index in [1.54, 1.807) is 12.4 Å². The first-order chi connectivity index (χ1) is 14.2. The van der Waals surface area contributed by atoms with E-state index in [4.69, 9.17) is 4.74 Å². The number of carbonyl (C=O) groups excluding carboxylic acids is 1. The van der Waals surface area contributed by atoms with E-state index in [0.29, 0.717) is 18.7 Å². The number of nitrogens with zero attached hydrogens (tertiary/aromatic N) is 5. The average molecular weight is 396 g/mol. The van der Waals surface area contributed by atoms with Gasteiger partial charge in [-0.2, -0.15) is 0 Å². The zero-order chi connectivity index (χ0) is 20.1. The van der Waals surface area contributed by atoms with Crippen molar-refractivity contribution in [2.24, 2.45) is 0 Å². The molecule has 0 radical (unpaired) electrons. The molecule has 0 bridgehead atoms. The quantitative estimate of drug-likeness (QED) is 0.749. The third-order valence-corrected chi connectivity index (χ3v) is 5.65. The second-order valence-corrected chi connectivity index (χ2v) is 7.86. The molecular formula is C22H29N5O2. The summed E-state index contributed by atoms with van der Waals surface area (Å²) in [5.41, 5.74) is 2.14. The van der Waals surface area contributed by atoms with E-state index in [1.165, 1.54) is 19.3 Å². The van der Waals surface area contributed by atoms with Crippen molar-refractivity contribution in [3.63, 3.8) is 0 Å². The molecule has 1 amide bonds. The number of anilines is 1. The van der Waals surface area contributed by atoms with Crippen LogP contribution in [0.5, 0.6) is 0 Å². The monoisotopic (exact) mass is 395 g/mol. The van der Waals surface area contributed by atoms with Crippen LogP contribution >= 0.6 is 0 Å². The maximum atomic E-state index is 13.4. The minimum atomic E-state index is -0.0613. The van der Waals surface area contributed by atoms with Gasteiger partial charge in [-0.15, -0.1) is 0 Å². The van der Waals surface area contributed by atoms with Crippen LogP contribution in [0.3, 0.4) is 0 Å². The second kappa shape index (κ2) is 9.31. The van der Waals surface area contributed by atoms with Gasteiger partial charge in [-0.25, -0.2) is 9.97 Å². The number of amides is 1. The summed E-state index contributed by atoms with van der Waals surface area (Å²) < 4.78 is 5.78. The van der Waals surface area contributed by atoms with E-state index in [9.17, 15) is 4.79 Å². The molecule has 0 spiro atoms. The summed E-state index contributed by atoms with van der Waals surface area (Å²) in [5, 5.41) is 0. The number of hydrogen-bond donors (Lipinski definition) is 0. The number of carbonyl (C=O) groups is 1. The molecule has 2 saturated heterocycles. The highest BCUT2D eigenvalue weighted by Gasteiger charge is 2.26. The molecule has 0 saturated carbocycles. The molecular weight excluding hydrogens is 366 g/mol. The number of pyridine rings is 1. The largest absolute Gasteiger partial charge is 0.376 e. The number of aryl methyl sites for hydroxylation is 1. The van der Waals surface area contributed by atoms with Crippen LogP contribution in [-0.4, -0.2) is 58.1 Å². The third kappa shape index (κ3) is 4.90. The molecule has 7 nitrogen and oxygen atoms in total. The van der Waals surface area contributed by atoms with E-state index >= 15 is 0 Å². The SMILES string of the molecule is Cc1nc(N2CCCCC2)ncc1C(=O)N(Cc1ccccn1)C[C@H]1CCCO1. The fraction of sp³-hybridized carbons (Fsp3) is 0.545. The van der Waals surface area contributed by atoms with E-state index < -0.39 is 0 Å². The average Bonchev–Trinajstić information content (AvgIpc) is 3.27. The molecule has 4 heterocycles. The first kappa shape index (κ1) is 19.8. The zero-order valence-electron chi connectivity index (χ0n) is 17.1. The van der Waals surface area contributed by atoms with Gasteiger partial charge in [0.2, 0.25) is 5.95 Å². The maximum absolute atomic E-state index is 13.4. The molecule has 0 aliphatic carbocycles. The minimum Gasteiger partial charge on any atom is -0.376 e. The number of hydrogen-bond acceptors (Lipinski definition) is 6. The van der Waals surface area contributed by atoms with Gasteiger partial charge >= 0.3 is 0 Å². The lowest BCUT2D eigenvalue weighted by Crippen LogP contribution is -2.38. The number of aromatic nitrogens is 3. The van der Waals surface area contributed by atoms with E-state index in [0.717, 1.165) is 49.9 Å². The molecule has 2 aromatic heterocycles. The van der Waals surface area contributed by atoms with Crippen molar-refractivity contribution in [2.45, 2.75) is 51.7 Å². The molecule has 4 rings (SSSR count). The van der Waals surface area contributed by atoms with E-state index in [-0.39, 0.29) is 12.0 Å². The van der Waals surface area contributed by atoms with Crippen molar-refractivity contribution in [1.82, 2.24) is 19.9 Å². The Hall–Kier alpha value is -2.54. The predicted octanol–water partition coefficient (Wildman–Crippen LogP) is 2.99. The van der Waals surface area contributed by atoms with Gasteiger partial charge in [0.15, 0.2) is 0 Å². The smallest absolute Gasteiger partial charge is 0.257 e. The summed E-state index contributed by atoms with van der Waals surface area (Å²) in [4.78, 5) is 31.0. The fourth-order valence-corrected chi connectivity index (χ4v) is 4.02. The van der Waals surface area contributed by atoms with Crippen LogP contribution in [0.4, 0.5) is 5.95 Å². The van der Waals surface area contributed by atoms with Crippen LogP contribution in [0.15, 0.2) is 30.6 Å². The van der Waals surface area contributed by atoms with Gasteiger partial charge in [-0.3, -0.25) is 9.78 Å². The minimum absolute atomic E-state index is 0.0613. The molecule has 0 N–H and O–H groups in total. The Morgan fingerprint density at radius 2 is 2.07 bits per heavy atom. The molecule has 2 aliphatic heterocycles. The Morgan fingerprint density at radius 3 is 2.76 bits per heavy atom. The van der Waals surface area contributed by atoms with Crippen LogP contribution in [0.2, 0.25) is 0 Å². The van der Waals surface area contributed by atoms with Crippen molar-refractivity contribution in [3.05, 3.63) is 47.5 Å². The summed E-state index contributed by atoms with van der Waals surface area (Å²) in [7, 11) is 0. The Bertz CT molecular complexity index is 817. The van der Waals surface area contributed by atoms with Crippen LogP contribution in [0.1, 0.15) is 53.8 Å². The standard InChI is InChI=1S/C22H29N5O2/c1-17-20(14-24-22(25-17)26-11-5-2-6-12-26)21(28)27(16-19-9-7-13-29-19)15-18-8-3-4-10-23-18/h3-4,8,10,14,19H,2,5-7,9,11-13,15-16H2,1H3/t19-/m1/s1. The highest BCUT2D eigenvalue weighted by atomic mass is 16.5. The lowest BCUT2D eigenvalue weighted by Gasteiger charge is -2.28. The van der Waals surface area contributed by atoms with Crippen molar-refractivity contribution in [3.8, 4) is 0 Å².